The largest absolute Gasteiger partial charge is 0.369 e. The number of aromatic nitrogens is 1. The van der Waals surface area contributed by atoms with Gasteiger partial charge in [0.1, 0.15) is 0 Å². The van der Waals surface area contributed by atoms with Gasteiger partial charge in [0, 0.05) is 56.1 Å². The van der Waals surface area contributed by atoms with Crippen LogP contribution in [0, 0.1) is 0 Å². The Labute approximate surface area is 212 Å². The zero-order chi connectivity index (χ0) is 25.7. The first-order valence-electron chi connectivity index (χ1n) is 12.4. The SMILES string of the molecule is CC(=O)N1CC=C(c2cccnc2N=C(N)Nc2ccc(C(=O)N(C)C3CCN(C)CC3)cc2)CC1. The third kappa shape index (κ3) is 6.09. The smallest absolute Gasteiger partial charge is 0.253 e. The predicted octanol–water partition coefficient (Wildman–Crippen LogP) is 2.94. The molecule has 9 nitrogen and oxygen atoms in total. The van der Waals surface area contributed by atoms with Crippen LogP contribution in [0.1, 0.15) is 42.1 Å². The highest BCUT2D eigenvalue weighted by atomic mass is 16.2. The zero-order valence-electron chi connectivity index (χ0n) is 21.3. The highest BCUT2D eigenvalue weighted by Crippen LogP contribution is 2.29. The van der Waals surface area contributed by atoms with Gasteiger partial charge in [0.15, 0.2) is 11.8 Å². The number of anilines is 1. The Kier molecular flexibility index (Phi) is 8.00. The number of benzene rings is 1. The Bertz CT molecular complexity index is 1150. The van der Waals surface area contributed by atoms with Crippen LogP contribution in [0.15, 0.2) is 53.7 Å². The highest BCUT2D eigenvalue weighted by molar-refractivity contribution is 5.97. The molecule has 4 rings (SSSR count). The van der Waals surface area contributed by atoms with Crippen LogP contribution in [0.2, 0.25) is 0 Å². The maximum absolute atomic E-state index is 13.0. The predicted molar refractivity (Wildman–Crippen MR) is 143 cm³/mol. The molecule has 2 aromatic rings. The van der Waals surface area contributed by atoms with Crippen molar-refractivity contribution < 1.29 is 9.59 Å². The van der Waals surface area contributed by atoms with Gasteiger partial charge in [0.2, 0.25) is 5.91 Å². The molecule has 0 aliphatic carbocycles. The molecule has 1 saturated heterocycles. The number of nitrogens with two attached hydrogens (primary N) is 1. The lowest BCUT2D eigenvalue weighted by atomic mass is 10.00. The molecule has 0 radical (unpaired) electrons. The molecule has 2 aliphatic heterocycles. The lowest BCUT2D eigenvalue weighted by molar-refractivity contribution is -0.128. The molecule has 0 atom stereocenters. The van der Waals surface area contributed by atoms with Crippen LogP contribution in [0.25, 0.3) is 5.57 Å². The quantitative estimate of drug-likeness (QED) is 0.494. The van der Waals surface area contributed by atoms with E-state index in [2.05, 4.69) is 27.2 Å². The monoisotopic (exact) mass is 489 g/mol. The summed E-state index contributed by atoms with van der Waals surface area (Å²) >= 11 is 0. The second-order valence-corrected chi connectivity index (χ2v) is 9.47. The molecule has 36 heavy (non-hydrogen) atoms. The number of nitrogens with one attached hydrogen (secondary N) is 1. The summed E-state index contributed by atoms with van der Waals surface area (Å²) in [6.07, 6.45) is 6.45. The number of carbonyl (C=O) groups excluding carboxylic acids is 2. The normalized spacial score (nSPS) is 17.5. The zero-order valence-corrected chi connectivity index (χ0v) is 21.3. The summed E-state index contributed by atoms with van der Waals surface area (Å²) in [6, 6.07) is 11.4. The number of hydrogen-bond acceptors (Lipinski definition) is 5. The fourth-order valence-corrected chi connectivity index (χ4v) is 4.67. The number of aliphatic imine (C=N–C) groups is 1. The van der Waals surface area contributed by atoms with Gasteiger partial charge in [-0.2, -0.15) is 4.99 Å². The van der Waals surface area contributed by atoms with E-state index in [1.807, 2.05) is 54.4 Å². The molecule has 1 aromatic heterocycles. The van der Waals surface area contributed by atoms with Crippen LogP contribution in [0.3, 0.4) is 0 Å². The first-order chi connectivity index (χ1) is 17.3. The first-order valence-corrected chi connectivity index (χ1v) is 12.4. The summed E-state index contributed by atoms with van der Waals surface area (Å²) in [6.45, 7) is 4.85. The number of guanidine groups is 1. The Morgan fingerprint density at radius 2 is 1.86 bits per heavy atom. The van der Waals surface area contributed by atoms with Gasteiger partial charge in [0.05, 0.1) is 0 Å². The minimum atomic E-state index is 0.0277. The van der Waals surface area contributed by atoms with Crippen molar-refractivity contribution in [3.63, 3.8) is 0 Å². The number of likely N-dealkylation sites (tertiary alicyclic amines) is 1. The van der Waals surface area contributed by atoms with Gasteiger partial charge in [0.25, 0.3) is 5.91 Å². The van der Waals surface area contributed by atoms with E-state index in [-0.39, 0.29) is 23.8 Å². The lowest BCUT2D eigenvalue weighted by Crippen LogP contribution is -2.44. The fourth-order valence-electron chi connectivity index (χ4n) is 4.67. The summed E-state index contributed by atoms with van der Waals surface area (Å²) in [5, 5.41) is 3.09. The highest BCUT2D eigenvalue weighted by Gasteiger charge is 2.24. The average Bonchev–Trinajstić information content (AvgIpc) is 2.89. The standard InChI is InChI=1S/C27H35N7O2/c1-19(35)34-17-10-20(11-18-34)24-5-4-14-29-25(24)31-27(28)30-22-8-6-21(7-9-22)26(36)33(3)23-12-15-32(2)16-13-23/h4-10,14,23H,11-13,15-18H2,1-3H3,(H3,28,29,30,31). The van der Waals surface area contributed by atoms with E-state index < -0.39 is 0 Å². The van der Waals surface area contributed by atoms with Crippen molar-refractivity contribution >= 4 is 34.9 Å². The van der Waals surface area contributed by atoms with E-state index in [4.69, 9.17) is 5.73 Å². The van der Waals surface area contributed by atoms with Gasteiger partial charge >= 0.3 is 0 Å². The third-order valence-electron chi connectivity index (χ3n) is 6.97. The van der Waals surface area contributed by atoms with Crippen molar-refractivity contribution in [2.45, 2.75) is 32.2 Å². The number of piperidine rings is 1. The van der Waals surface area contributed by atoms with Crippen LogP contribution in [-0.2, 0) is 4.79 Å². The van der Waals surface area contributed by atoms with Gasteiger partial charge in [-0.25, -0.2) is 4.98 Å². The summed E-state index contributed by atoms with van der Waals surface area (Å²) in [5.41, 5.74) is 9.59. The van der Waals surface area contributed by atoms with Crippen LogP contribution in [0.4, 0.5) is 11.5 Å². The second-order valence-electron chi connectivity index (χ2n) is 9.47. The van der Waals surface area contributed by atoms with Gasteiger partial charge in [-0.15, -0.1) is 0 Å². The molecule has 3 N–H and O–H groups in total. The molecule has 1 aromatic carbocycles. The maximum Gasteiger partial charge on any atom is 0.253 e. The average molecular weight is 490 g/mol. The van der Waals surface area contributed by atoms with Crippen molar-refractivity contribution in [2.75, 3.05) is 45.6 Å². The summed E-state index contributed by atoms with van der Waals surface area (Å²) in [4.78, 5) is 39.5. The molecule has 1 fully saturated rings. The first kappa shape index (κ1) is 25.4. The van der Waals surface area contributed by atoms with Gasteiger partial charge < -0.3 is 25.8 Å². The molecule has 9 heteroatoms. The molecule has 0 spiro atoms. The molecule has 0 saturated carbocycles. The summed E-state index contributed by atoms with van der Waals surface area (Å²) in [5.74, 6) is 0.833. The molecular formula is C27H35N7O2. The van der Waals surface area contributed by atoms with Crippen LogP contribution in [0.5, 0.6) is 0 Å². The molecule has 3 heterocycles. The Hall–Kier alpha value is -3.72. The molecular weight excluding hydrogens is 454 g/mol. The van der Waals surface area contributed by atoms with E-state index in [1.54, 1.807) is 18.0 Å². The van der Waals surface area contributed by atoms with Gasteiger partial charge in [-0.05, 0) is 81.4 Å². The molecule has 190 valence electrons. The number of hydrogen-bond donors (Lipinski definition) is 2. The van der Waals surface area contributed by atoms with E-state index in [0.29, 0.717) is 24.5 Å². The van der Waals surface area contributed by atoms with E-state index in [1.165, 1.54) is 0 Å². The van der Waals surface area contributed by atoms with E-state index >= 15 is 0 Å². The maximum atomic E-state index is 13.0. The Balaban J connectivity index is 1.41. The Morgan fingerprint density at radius 3 is 2.50 bits per heavy atom. The molecule has 2 amide bonds. The van der Waals surface area contributed by atoms with Crippen LogP contribution < -0.4 is 11.1 Å². The number of pyridine rings is 1. The van der Waals surface area contributed by atoms with E-state index in [0.717, 1.165) is 49.2 Å². The van der Waals surface area contributed by atoms with Crippen molar-refractivity contribution in [3.8, 4) is 0 Å². The second kappa shape index (κ2) is 11.3. The number of rotatable bonds is 5. The number of carbonyl (C=O) groups is 2. The van der Waals surface area contributed by atoms with Crippen LogP contribution >= 0.6 is 0 Å². The third-order valence-corrected chi connectivity index (χ3v) is 6.97. The van der Waals surface area contributed by atoms with Crippen LogP contribution in [-0.4, -0.2) is 83.8 Å². The summed E-state index contributed by atoms with van der Waals surface area (Å²) < 4.78 is 0. The Morgan fingerprint density at radius 1 is 1.14 bits per heavy atom. The van der Waals surface area contributed by atoms with Crippen molar-refractivity contribution in [1.29, 1.82) is 0 Å². The fraction of sp³-hybridized carbons (Fsp3) is 0.407. The number of nitrogens with zero attached hydrogens (tertiary/aromatic N) is 5. The van der Waals surface area contributed by atoms with Crippen molar-refractivity contribution in [2.24, 2.45) is 10.7 Å². The molecule has 2 aliphatic rings. The minimum Gasteiger partial charge on any atom is -0.369 e. The molecule has 0 bridgehead atoms. The topological polar surface area (TPSA) is 107 Å². The molecule has 0 unspecified atom stereocenters. The lowest BCUT2D eigenvalue weighted by Gasteiger charge is -2.35. The van der Waals surface area contributed by atoms with Crippen molar-refractivity contribution in [1.82, 2.24) is 19.7 Å². The van der Waals surface area contributed by atoms with E-state index in [9.17, 15) is 9.59 Å². The number of amides is 2. The van der Waals surface area contributed by atoms with Gasteiger partial charge in [-0.3, -0.25) is 9.59 Å². The minimum absolute atomic E-state index is 0.0277. The van der Waals surface area contributed by atoms with Crippen molar-refractivity contribution in [3.05, 3.63) is 59.8 Å². The van der Waals surface area contributed by atoms with Gasteiger partial charge in [-0.1, -0.05) is 6.08 Å². The summed E-state index contributed by atoms with van der Waals surface area (Å²) in [7, 11) is 4.00.